The summed E-state index contributed by atoms with van der Waals surface area (Å²) in [6, 6.07) is -0.823. The first-order valence-corrected chi connectivity index (χ1v) is 13.6. The van der Waals surface area contributed by atoms with Crippen molar-refractivity contribution < 1.29 is 24.3 Å². The number of hydrogen-bond acceptors (Lipinski definition) is 14. The van der Waals surface area contributed by atoms with E-state index in [4.69, 9.17) is 16.3 Å². The number of halogens is 2. The van der Waals surface area contributed by atoms with Gasteiger partial charge in [0, 0.05) is 30.0 Å². The van der Waals surface area contributed by atoms with Crippen LogP contribution in [0.4, 0.5) is 5.13 Å². The Morgan fingerprint density at radius 2 is 2.17 bits per heavy atom. The zero-order valence-corrected chi connectivity index (χ0v) is 23.2. The van der Waals surface area contributed by atoms with Crippen molar-refractivity contribution in [2.24, 2.45) is 16.3 Å². The lowest BCUT2D eigenvalue weighted by molar-refractivity contribution is -0.157. The first-order valence-electron chi connectivity index (χ1n) is 9.81. The number of oxime groups is 1. The summed E-state index contributed by atoms with van der Waals surface area (Å²) >= 11 is 5.08. The van der Waals surface area contributed by atoms with E-state index in [2.05, 4.69) is 25.7 Å². The predicted molar refractivity (Wildman–Crippen MR) is 143 cm³/mol. The highest BCUT2D eigenvalue weighted by molar-refractivity contribution is 8.01. The second-order valence-electron chi connectivity index (χ2n) is 7.33. The number of nitrogen functional groups attached to an aromatic ring is 1. The Morgan fingerprint density at radius 3 is 2.78 bits per heavy atom. The average molecular weight is 618 g/mol. The molecule has 2 aliphatic heterocycles. The Hall–Kier alpha value is -1.89. The molecule has 0 aromatic carbocycles. The van der Waals surface area contributed by atoms with Crippen LogP contribution in [0.3, 0.4) is 0 Å². The van der Waals surface area contributed by atoms with Gasteiger partial charge in [0.15, 0.2) is 15.2 Å². The van der Waals surface area contributed by atoms with Gasteiger partial charge in [0.05, 0.1) is 0 Å². The first kappa shape index (κ1) is 30.3. The van der Waals surface area contributed by atoms with Crippen LogP contribution < -0.4 is 16.8 Å². The number of carboxylic acid groups (broad SMARTS) is 1. The summed E-state index contributed by atoms with van der Waals surface area (Å²) in [6.07, 6.45) is 0. The lowest BCUT2D eigenvalue weighted by atomic mass is 9.89. The van der Waals surface area contributed by atoms with Crippen molar-refractivity contribution in [3.05, 3.63) is 16.6 Å². The van der Waals surface area contributed by atoms with E-state index in [0.717, 1.165) is 11.3 Å². The summed E-state index contributed by atoms with van der Waals surface area (Å²) in [4.78, 5) is 48.5. The van der Waals surface area contributed by atoms with Crippen LogP contribution in [0.1, 0.15) is 5.69 Å². The fourth-order valence-electron chi connectivity index (χ4n) is 3.31. The van der Waals surface area contributed by atoms with Crippen molar-refractivity contribution in [2.45, 2.75) is 15.8 Å². The van der Waals surface area contributed by atoms with Crippen LogP contribution in [0.2, 0.25) is 0 Å². The molecule has 2 aliphatic rings. The predicted octanol–water partition coefficient (Wildman–Crippen LogP) is 0.363. The van der Waals surface area contributed by atoms with Gasteiger partial charge < -0.3 is 31.6 Å². The fourth-order valence-corrected chi connectivity index (χ4v) is 7.20. The number of carbonyl (C=O) groups is 3. The minimum absolute atomic E-state index is 0. The molecule has 0 aliphatic carbocycles. The van der Waals surface area contributed by atoms with Gasteiger partial charge in [-0.05, 0) is 0 Å². The van der Waals surface area contributed by atoms with E-state index in [-0.39, 0.29) is 83.8 Å². The number of aliphatic carboxylic acids is 1. The standard InChI is InChI=1S/C17H20N8O5S4.2ClH/c18-1-2-30-24-9(8-3-31-15(19)21-8)11(26)22-10-12(27)25-4-17(14(28)29,5-32-13(10)25)6-33-16-23-20-7-34-16;;/h3,7,10,13H,1-2,4-6,18H2,(H2,19,21)(H,22,26)(H,28,29);2*1H/t10?,13-,17?;;/m1../s1. The second-order valence-corrected chi connectivity index (χ2v) is 11.4. The molecule has 2 unspecified atom stereocenters. The van der Waals surface area contributed by atoms with Crippen LogP contribution in [0, 0.1) is 5.41 Å². The van der Waals surface area contributed by atoms with Gasteiger partial charge in [-0.15, -0.1) is 58.1 Å². The highest BCUT2D eigenvalue weighted by Gasteiger charge is 2.57. The van der Waals surface area contributed by atoms with Crippen LogP contribution in [0.5, 0.6) is 0 Å². The first-order chi connectivity index (χ1) is 16.3. The third kappa shape index (κ3) is 6.32. The van der Waals surface area contributed by atoms with Crippen molar-refractivity contribution >= 4 is 99.6 Å². The number of carbonyl (C=O) groups excluding carboxylic acids is 2. The molecular formula is C17H22Cl2N8O5S4. The van der Waals surface area contributed by atoms with E-state index in [9.17, 15) is 19.5 Å². The number of amides is 2. The number of nitrogens with two attached hydrogens (primary N) is 2. The molecule has 2 fully saturated rings. The quantitative estimate of drug-likeness (QED) is 0.0940. The monoisotopic (exact) mass is 616 g/mol. The number of anilines is 1. The SMILES string of the molecule is Cl.Cl.NCCON=C(C(=O)NC1C(=O)N2CC(CSc3nncs3)(C(=O)O)CS[C@H]12)c1csc(N)n1. The molecule has 36 heavy (non-hydrogen) atoms. The van der Waals surface area contributed by atoms with Crippen molar-refractivity contribution in [1.82, 2.24) is 25.4 Å². The smallest absolute Gasteiger partial charge is 0.313 e. The number of nitrogens with one attached hydrogen (secondary N) is 1. The maximum absolute atomic E-state index is 12.9. The maximum Gasteiger partial charge on any atom is 0.313 e. The third-order valence-electron chi connectivity index (χ3n) is 5.04. The maximum atomic E-state index is 12.9. The van der Waals surface area contributed by atoms with E-state index in [1.165, 1.54) is 39.8 Å². The molecule has 4 rings (SSSR count). The van der Waals surface area contributed by atoms with E-state index in [1.807, 2.05) is 0 Å². The largest absolute Gasteiger partial charge is 0.481 e. The normalized spacial score (nSPS) is 23.0. The Morgan fingerprint density at radius 1 is 1.39 bits per heavy atom. The van der Waals surface area contributed by atoms with Crippen molar-refractivity contribution in [3.8, 4) is 0 Å². The number of nitrogens with zero attached hydrogens (tertiary/aromatic N) is 5. The number of fused-ring (bicyclic) bond motifs is 1. The lowest BCUT2D eigenvalue weighted by Crippen LogP contribution is -2.74. The van der Waals surface area contributed by atoms with Gasteiger partial charge in [0.1, 0.15) is 34.6 Å². The highest BCUT2D eigenvalue weighted by Crippen LogP contribution is 2.44. The molecule has 19 heteroatoms. The molecule has 2 aromatic rings. The van der Waals surface area contributed by atoms with Crippen LogP contribution in [0.15, 0.2) is 20.4 Å². The summed E-state index contributed by atoms with van der Waals surface area (Å²) in [5, 5.41) is 25.5. The van der Waals surface area contributed by atoms with Crippen molar-refractivity contribution in [2.75, 3.05) is 36.9 Å². The zero-order valence-electron chi connectivity index (χ0n) is 18.3. The number of hydrogen-bond donors (Lipinski definition) is 4. The zero-order chi connectivity index (χ0) is 24.3. The molecule has 13 nitrogen and oxygen atoms in total. The summed E-state index contributed by atoms with van der Waals surface area (Å²) in [7, 11) is 0. The highest BCUT2D eigenvalue weighted by atomic mass is 35.5. The molecular weight excluding hydrogens is 595 g/mol. The molecule has 2 aromatic heterocycles. The van der Waals surface area contributed by atoms with Gasteiger partial charge >= 0.3 is 5.97 Å². The van der Waals surface area contributed by atoms with Gasteiger partial charge in [0.2, 0.25) is 5.91 Å². The fraction of sp³-hybridized carbons (Fsp3) is 0.471. The minimum atomic E-state index is -1.14. The molecule has 0 radical (unpaired) electrons. The number of thioether (sulfide) groups is 2. The van der Waals surface area contributed by atoms with Crippen LogP contribution >= 0.6 is 71.0 Å². The van der Waals surface area contributed by atoms with Gasteiger partial charge in [-0.3, -0.25) is 14.4 Å². The summed E-state index contributed by atoms with van der Waals surface area (Å²) in [6.45, 7) is 0.340. The van der Waals surface area contributed by atoms with Gasteiger partial charge in [-0.1, -0.05) is 28.3 Å². The topological polar surface area (TPSA) is 199 Å². The van der Waals surface area contributed by atoms with E-state index in [0.29, 0.717) is 4.34 Å². The Bertz CT molecular complexity index is 1110. The Balaban J connectivity index is 0.00000228. The molecule has 6 N–H and O–H groups in total. The van der Waals surface area contributed by atoms with Crippen LogP contribution in [-0.4, -0.2) is 91.3 Å². The molecule has 2 saturated heterocycles. The number of carboxylic acids is 1. The number of rotatable bonds is 10. The lowest BCUT2D eigenvalue weighted by Gasteiger charge is -2.53. The minimum Gasteiger partial charge on any atom is -0.481 e. The Kier molecular flexibility index (Phi) is 11.0. The third-order valence-corrected chi connectivity index (χ3v) is 9.45. The van der Waals surface area contributed by atoms with E-state index in [1.54, 1.807) is 10.9 Å². The molecule has 0 spiro atoms. The Labute approximate surface area is 234 Å². The molecule has 198 valence electrons. The van der Waals surface area contributed by atoms with Crippen LogP contribution in [0.25, 0.3) is 0 Å². The molecule has 0 bridgehead atoms. The summed E-state index contributed by atoms with van der Waals surface area (Å²) < 4.78 is 0.666. The number of β-lactam (4-membered cyclic amide) rings is 1. The van der Waals surface area contributed by atoms with E-state index < -0.39 is 23.3 Å². The molecule has 2 amide bonds. The summed E-state index contributed by atoms with van der Waals surface area (Å²) in [5.74, 6) is -1.47. The molecule has 3 atom stereocenters. The van der Waals surface area contributed by atoms with Crippen molar-refractivity contribution in [1.29, 1.82) is 0 Å². The number of aromatic nitrogens is 3. The van der Waals surface area contributed by atoms with E-state index >= 15 is 0 Å². The van der Waals surface area contributed by atoms with Gasteiger partial charge in [-0.25, -0.2) is 4.98 Å². The second kappa shape index (κ2) is 13.1. The molecule has 0 saturated carbocycles. The van der Waals surface area contributed by atoms with Crippen LogP contribution in [-0.2, 0) is 19.2 Å². The average Bonchev–Trinajstić information content (AvgIpc) is 3.50. The molecule has 4 heterocycles. The van der Waals surface area contributed by atoms with Gasteiger partial charge in [0.25, 0.3) is 5.91 Å². The number of thiazole rings is 1. The van der Waals surface area contributed by atoms with Gasteiger partial charge in [-0.2, -0.15) is 0 Å². The summed E-state index contributed by atoms with van der Waals surface area (Å²) in [5.41, 5.74) is 11.6. The van der Waals surface area contributed by atoms with Crippen molar-refractivity contribution in [3.63, 3.8) is 0 Å².